The van der Waals surface area contributed by atoms with Crippen molar-refractivity contribution < 1.29 is 4.79 Å². The highest BCUT2D eigenvalue weighted by molar-refractivity contribution is 14.1. The smallest absolute Gasteiger partial charge is 0.256 e. The quantitative estimate of drug-likeness (QED) is 0.840. The van der Waals surface area contributed by atoms with Crippen LogP contribution >= 0.6 is 22.6 Å². The molecular formula is C14H13IN2O. The van der Waals surface area contributed by atoms with Crippen LogP contribution in [-0.2, 0) is 0 Å². The molecule has 0 saturated heterocycles. The molecule has 0 aliphatic rings. The van der Waals surface area contributed by atoms with Gasteiger partial charge in [-0.05, 0) is 72.3 Å². The fourth-order valence-corrected chi connectivity index (χ4v) is 2.27. The number of halogens is 1. The summed E-state index contributed by atoms with van der Waals surface area (Å²) >= 11 is 2.18. The van der Waals surface area contributed by atoms with E-state index in [1.807, 2.05) is 44.2 Å². The molecule has 0 fully saturated rings. The number of aromatic nitrogens is 1. The molecule has 2 aromatic rings. The van der Waals surface area contributed by atoms with Crippen molar-refractivity contribution in [1.82, 2.24) is 4.98 Å². The molecule has 0 atom stereocenters. The van der Waals surface area contributed by atoms with Gasteiger partial charge >= 0.3 is 0 Å². The molecule has 0 saturated carbocycles. The summed E-state index contributed by atoms with van der Waals surface area (Å²) in [4.78, 5) is 16.3. The van der Waals surface area contributed by atoms with Crippen LogP contribution in [0.1, 0.15) is 21.6 Å². The normalized spacial score (nSPS) is 10.2. The maximum Gasteiger partial charge on any atom is 0.256 e. The Bertz CT molecular complexity index is 576. The van der Waals surface area contributed by atoms with Gasteiger partial charge in [0.05, 0.1) is 0 Å². The summed E-state index contributed by atoms with van der Waals surface area (Å²) in [5, 5.41) is 2.81. The van der Waals surface area contributed by atoms with E-state index in [0.717, 1.165) is 14.8 Å². The topological polar surface area (TPSA) is 42.0 Å². The van der Waals surface area contributed by atoms with Crippen LogP contribution in [0.2, 0.25) is 0 Å². The Morgan fingerprint density at radius 1 is 1.22 bits per heavy atom. The van der Waals surface area contributed by atoms with Gasteiger partial charge in [0.1, 0.15) is 5.82 Å². The number of benzene rings is 1. The molecule has 0 radical (unpaired) electrons. The Balaban J connectivity index is 2.21. The lowest BCUT2D eigenvalue weighted by Gasteiger charge is -2.06. The van der Waals surface area contributed by atoms with E-state index in [1.54, 1.807) is 6.07 Å². The molecule has 92 valence electrons. The van der Waals surface area contributed by atoms with Crippen molar-refractivity contribution in [2.75, 3.05) is 5.32 Å². The van der Waals surface area contributed by atoms with E-state index in [4.69, 9.17) is 0 Å². The number of aryl methyl sites for hydroxylation is 2. The highest BCUT2D eigenvalue weighted by Crippen LogP contribution is 2.12. The van der Waals surface area contributed by atoms with Gasteiger partial charge in [-0.25, -0.2) is 4.98 Å². The first kappa shape index (κ1) is 13.0. The molecular weight excluding hydrogens is 339 g/mol. The first-order chi connectivity index (χ1) is 8.54. The van der Waals surface area contributed by atoms with E-state index in [2.05, 4.69) is 32.9 Å². The lowest BCUT2D eigenvalue weighted by atomic mass is 10.2. The number of pyridine rings is 1. The summed E-state index contributed by atoms with van der Waals surface area (Å²) < 4.78 is 1.04. The third kappa shape index (κ3) is 3.29. The van der Waals surface area contributed by atoms with Gasteiger partial charge in [-0.2, -0.15) is 0 Å². The molecule has 18 heavy (non-hydrogen) atoms. The Hall–Kier alpha value is -1.43. The lowest BCUT2D eigenvalue weighted by molar-refractivity contribution is 0.102. The number of anilines is 1. The Morgan fingerprint density at radius 3 is 2.67 bits per heavy atom. The zero-order valence-electron chi connectivity index (χ0n) is 10.2. The van der Waals surface area contributed by atoms with Gasteiger partial charge in [-0.15, -0.1) is 0 Å². The average Bonchev–Trinajstić information content (AvgIpc) is 2.27. The largest absolute Gasteiger partial charge is 0.307 e. The Kier molecular flexibility index (Phi) is 3.96. The van der Waals surface area contributed by atoms with E-state index in [-0.39, 0.29) is 5.91 Å². The maximum atomic E-state index is 12.0. The zero-order chi connectivity index (χ0) is 13.1. The van der Waals surface area contributed by atoms with Crippen molar-refractivity contribution in [1.29, 1.82) is 0 Å². The van der Waals surface area contributed by atoms with E-state index >= 15 is 0 Å². The molecule has 2 rings (SSSR count). The van der Waals surface area contributed by atoms with Crippen LogP contribution in [0.4, 0.5) is 5.82 Å². The van der Waals surface area contributed by atoms with Crippen molar-refractivity contribution in [2.24, 2.45) is 0 Å². The first-order valence-electron chi connectivity index (χ1n) is 5.57. The minimum Gasteiger partial charge on any atom is -0.307 e. The summed E-state index contributed by atoms with van der Waals surface area (Å²) in [5.74, 6) is 0.461. The summed E-state index contributed by atoms with van der Waals surface area (Å²) in [6, 6.07) is 11.3. The summed E-state index contributed by atoms with van der Waals surface area (Å²) in [6.45, 7) is 3.89. The Morgan fingerprint density at radius 2 is 2.00 bits per heavy atom. The van der Waals surface area contributed by atoms with Crippen LogP contribution in [0.5, 0.6) is 0 Å². The van der Waals surface area contributed by atoms with Gasteiger partial charge < -0.3 is 5.32 Å². The summed E-state index contributed by atoms with van der Waals surface area (Å²) in [5.41, 5.74) is 2.62. The second-order valence-corrected chi connectivity index (χ2v) is 5.38. The second kappa shape index (κ2) is 5.48. The molecule has 1 N–H and O–H groups in total. The van der Waals surface area contributed by atoms with Gasteiger partial charge in [0, 0.05) is 14.8 Å². The maximum absolute atomic E-state index is 12.0. The molecule has 0 aliphatic carbocycles. The van der Waals surface area contributed by atoms with E-state index in [1.165, 1.54) is 0 Å². The van der Waals surface area contributed by atoms with Crippen LogP contribution in [0, 0.1) is 17.4 Å². The van der Waals surface area contributed by atoms with Crippen molar-refractivity contribution in [3.05, 3.63) is 56.8 Å². The number of nitrogens with zero attached hydrogens (tertiary/aromatic N) is 1. The first-order valence-corrected chi connectivity index (χ1v) is 6.65. The molecule has 1 aromatic carbocycles. The van der Waals surface area contributed by atoms with Crippen LogP contribution in [0.15, 0.2) is 36.4 Å². The third-order valence-electron chi connectivity index (χ3n) is 2.43. The number of rotatable bonds is 2. The van der Waals surface area contributed by atoms with Gasteiger partial charge in [0.25, 0.3) is 5.91 Å². The Labute approximate surface area is 120 Å². The van der Waals surface area contributed by atoms with Crippen molar-refractivity contribution in [3.63, 3.8) is 0 Å². The molecule has 0 bridgehead atoms. The standard InChI is InChI=1S/C14H13IN2O/c1-9-6-10(2)16-13(7-9)17-14(18)11-4-3-5-12(15)8-11/h3-8H,1-2H3,(H,16,17,18). The van der Waals surface area contributed by atoms with E-state index in [0.29, 0.717) is 11.4 Å². The molecule has 1 aromatic heterocycles. The molecule has 0 spiro atoms. The van der Waals surface area contributed by atoms with E-state index in [9.17, 15) is 4.79 Å². The number of carbonyl (C=O) groups is 1. The van der Waals surface area contributed by atoms with Gasteiger partial charge in [-0.1, -0.05) is 6.07 Å². The van der Waals surface area contributed by atoms with Crippen molar-refractivity contribution in [3.8, 4) is 0 Å². The summed E-state index contributed by atoms with van der Waals surface area (Å²) in [6.07, 6.45) is 0. The number of hydrogen-bond donors (Lipinski definition) is 1. The highest BCUT2D eigenvalue weighted by Gasteiger charge is 2.07. The minimum absolute atomic E-state index is 0.133. The fourth-order valence-electron chi connectivity index (χ4n) is 1.72. The SMILES string of the molecule is Cc1cc(C)nc(NC(=O)c2cccc(I)c2)c1. The van der Waals surface area contributed by atoms with E-state index < -0.39 is 0 Å². The monoisotopic (exact) mass is 352 g/mol. The minimum atomic E-state index is -0.133. The van der Waals surface area contributed by atoms with Crippen LogP contribution < -0.4 is 5.32 Å². The van der Waals surface area contributed by atoms with Gasteiger partial charge in [-0.3, -0.25) is 4.79 Å². The number of carbonyl (C=O) groups excluding carboxylic acids is 1. The molecule has 0 unspecified atom stereocenters. The van der Waals surface area contributed by atoms with Crippen LogP contribution in [0.25, 0.3) is 0 Å². The number of amides is 1. The van der Waals surface area contributed by atoms with Crippen LogP contribution in [-0.4, -0.2) is 10.9 Å². The lowest BCUT2D eigenvalue weighted by Crippen LogP contribution is -2.13. The summed E-state index contributed by atoms with van der Waals surface area (Å²) in [7, 11) is 0. The predicted octanol–water partition coefficient (Wildman–Crippen LogP) is 3.56. The molecule has 0 aliphatic heterocycles. The number of nitrogens with one attached hydrogen (secondary N) is 1. The molecule has 3 nitrogen and oxygen atoms in total. The van der Waals surface area contributed by atoms with Crippen molar-refractivity contribution in [2.45, 2.75) is 13.8 Å². The molecule has 4 heteroatoms. The third-order valence-corrected chi connectivity index (χ3v) is 3.10. The van der Waals surface area contributed by atoms with Crippen molar-refractivity contribution >= 4 is 34.3 Å². The van der Waals surface area contributed by atoms with Gasteiger partial charge in [0.2, 0.25) is 0 Å². The molecule has 1 heterocycles. The predicted molar refractivity (Wildman–Crippen MR) is 80.8 cm³/mol. The number of hydrogen-bond acceptors (Lipinski definition) is 2. The molecule has 1 amide bonds. The highest BCUT2D eigenvalue weighted by atomic mass is 127. The van der Waals surface area contributed by atoms with Crippen LogP contribution in [0.3, 0.4) is 0 Å². The van der Waals surface area contributed by atoms with Gasteiger partial charge in [0.15, 0.2) is 0 Å². The zero-order valence-corrected chi connectivity index (χ0v) is 12.4. The fraction of sp³-hybridized carbons (Fsp3) is 0.143. The average molecular weight is 352 g/mol. The second-order valence-electron chi connectivity index (χ2n) is 4.14.